The number of hydrogen-bond donors (Lipinski definition) is 1. The van der Waals surface area contributed by atoms with Gasteiger partial charge in [0, 0.05) is 26.8 Å². The first kappa shape index (κ1) is 15.5. The predicted octanol–water partition coefficient (Wildman–Crippen LogP) is 0.739. The quantitative estimate of drug-likeness (QED) is 0.871. The van der Waals surface area contributed by atoms with Gasteiger partial charge in [-0.15, -0.1) is 0 Å². The molecule has 1 saturated heterocycles. The zero-order valence-electron chi connectivity index (χ0n) is 12.5. The van der Waals surface area contributed by atoms with Gasteiger partial charge >= 0.3 is 0 Å². The highest BCUT2D eigenvalue weighted by Crippen LogP contribution is 2.19. The molecule has 7 heteroatoms. The molecule has 0 radical (unpaired) electrons. The second kappa shape index (κ2) is 6.24. The van der Waals surface area contributed by atoms with E-state index in [1.807, 2.05) is 0 Å². The zero-order chi connectivity index (χ0) is 14.8. The molecule has 1 aliphatic rings. The standard InChI is InChI=1S/C13H24N4O2S/c1-11-15-13(10-16(11)2)20(18,19)17(3)9-6-12-4-7-14-8-5-12/h10,12,14H,4-9H2,1-3H3. The summed E-state index contributed by atoms with van der Waals surface area (Å²) in [5.74, 6) is 1.33. The normalized spacial score (nSPS) is 17.8. The lowest BCUT2D eigenvalue weighted by molar-refractivity contribution is 0.325. The highest BCUT2D eigenvalue weighted by Gasteiger charge is 2.25. The number of sulfonamides is 1. The van der Waals surface area contributed by atoms with Gasteiger partial charge in [0.25, 0.3) is 10.0 Å². The Morgan fingerprint density at radius 1 is 1.45 bits per heavy atom. The van der Waals surface area contributed by atoms with Crippen molar-refractivity contribution in [2.24, 2.45) is 13.0 Å². The molecule has 0 saturated carbocycles. The number of nitrogens with one attached hydrogen (secondary N) is 1. The van der Waals surface area contributed by atoms with Crippen LogP contribution >= 0.6 is 0 Å². The van der Waals surface area contributed by atoms with Crippen LogP contribution in [0.3, 0.4) is 0 Å². The van der Waals surface area contributed by atoms with Crippen LogP contribution in [0, 0.1) is 12.8 Å². The van der Waals surface area contributed by atoms with Gasteiger partial charge in [0.05, 0.1) is 0 Å². The first-order chi connectivity index (χ1) is 9.41. The van der Waals surface area contributed by atoms with Crippen molar-refractivity contribution in [3.05, 3.63) is 12.0 Å². The van der Waals surface area contributed by atoms with Crippen molar-refractivity contribution < 1.29 is 8.42 Å². The van der Waals surface area contributed by atoms with Gasteiger partial charge in [-0.2, -0.15) is 4.31 Å². The topological polar surface area (TPSA) is 67.2 Å². The molecule has 1 N–H and O–H groups in total. The molecule has 0 spiro atoms. The van der Waals surface area contributed by atoms with Crippen molar-refractivity contribution in [3.63, 3.8) is 0 Å². The van der Waals surface area contributed by atoms with E-state index in [2.05, 4.69) is 10.3 Å². The molecule has 1 aliphatic heterocycles. The van der Waals surface area contributed by atoms with E-state index in [0.29, 0.717) is 18.3 Å². The van der Waals surface area contributed by atoms with Crippen LogP contribution in [0.1, 0.15) is 25.1 Å². The Balaban J connectivity index is 1.98. The zero-order valence-corrected chi connectivity index (χ0v) is 13.3. The highest BCUT2D eigenvalue weighted by molar-refractivity contribution is 7.89. The van der Waals surface area contributed by atoms with Crippen molar-refractivity contribution in [1.29, 1.82) is 0 Å². The van der Waals surface area contributed by atoms with Crippen LogP contribution < -0.4 is 5.32 Å². The lowest BCUT2D eigenvalue weighted by Crippen LogP contribution is -2.32. The van der Waals surface area contributed by atoms with E-state index in [1.165, 1.54) is 4.31 Å². The maximum atomic E-state index is 12.4. The van der Waals surface area contributed by atoms with E-state index in [-0.39, 0.29) is 5.03 Å². The van der Waals surface area contributed by atoms with Crippen molar-refractivity contribution in [1.82, 2.24) is 19.2 Å². The van der Waals surface area contributed by atoms with Crippen LogP contribution in [0.2, 0.25) is 0 Å². The fourth-order valence-electron chi connectivity index (χ4n) is 2.47. The van der Waals surface area contributed by atoms with Crippen molar-refractivity contribution in [2.75, 3.05) is 26.7 Å². The summed E-state index contributed by atoms with van der Waals surface area (Å²) >= 11 is 0. The molecule has 1 aromatic heterocycles. The number of aromatic nitrogens is 2. The number of piperidine rings is 1. The monoisotopic (exact) mass is 300 g/mol. The van der Waals surface area contributed by atoms with Gasteiger partial charge in [-0.05, 0) is 45.2 Å². The van der Waals surface area contributed by atoms with E-state index < -0.39 is 10.0 Å². The van der Waals surface area contributed by atoms with Crippen molar-refractivity contribution >= 4 is 10.0 Å². The minimum atomic E-state index is -3.46. The van der Waals surface area contributed by atoms with Crippen LogP contribution in [0.5, 0.6) is 0 Å². The van der Waals surface area contributed by atoms with Crippen LogP contribution in [0.25, 0.3) is 0 Å². The molecule has 114 valence electrons. The Morgan fingerprint density at radius 3 is 2.65 bits per heavy atom. The molecule has 0 unspecified atom stereocenters. The van der Waals surface area contributed by atoms with E-state index in [0.717, 1.165) is 32.4 Å². The minimum absolute atomic E-state index is 0.144. The molecular formula is C13H24N4O2S. The van der Waals surface area contributed by atoms with Gasteiger partial charge in [-0.3, -0.25) is 0 Å². The molecule has 0 aromatic carbocycles. The Morgan fingerprint density at radius 2 is 2.10 bits per heavy atom. The van der Waals surface area contributed by atoms with E-state index in [1.54, 1.807) is 31.8 Å². The third-order valence-electron chi connectivity index (χ3n) is 4.07. The summed E-state index contributed by atoms with van der Waals surface area (Å²) in [6, 6.07) is 0. The molecule has 1 fully saturated rings. The number of aryl methyl sites for hydroxylation is 2. The maximum Gasteiger partial charge on any atom is 0.261 e. The molecule has 6 nitrogen and oxygen atoms in total. The molecule has 0 bridgehead atoms. The summed E-state index contributed by atoms with van der Waals surface area (Å²) in [6.07, 6.45) is 4.77. The first-order valence-corrected chi connectivity index (χ1v) is 8.52. The number of rotatable bonds is 5. The van der Waals surface area contributed by atoms with Gasteiger partial charge in [0.15, 0.2) is 5.03 Å². The van der Waals surface area contributed by atoms with Crippen LogP contribution in [-0.4, -0.2) is 49.0 Å². The highest BCUT2D eigenvalue weighted by atomic mass is 32.2. The molecule has 0 aliphatic carbocycles. The van der Waals surface area contributed by atoms with E-state index >= 15 is 0 Å². The second-order valence-corrected chi connectivity index (χ2v) is 7.54. The molecule has 1 aromatic rings. The van der Waals surface area contributed by atoms with Crippen molar-refractivity contribution in [3.8, 4) is 0 Å². The Bertz CT molecular complexity index is 527. The summed E-state index contributed by atoms with van der Waals surface area (Å²) < 4.78 is 28.0. The average Bonchev–Trinajstić information content (AvgIpc) is 2.78. The van der Waals surface area contributed by atoms with E-state index in [9.17, 15) is 8.42 Å². The molecule has 2 rings (SSSR count). The smallest absolute Gasteiger partial charge is 0.261 e. The Hall–Kier alpha value is -0.920. The van der Waals surface area contributed by atoms with Crippen LogP contribution in [-0.2, 0) is 17.1 Å². The van der Waals surface area contributed by atoms with E-state index in [4.69, 9.17) is 0 Å². The van der Waals surface area contributed by atoms with Gasteiger partial charge in [-0.1, -0.05) is 0 Å². The molecular weight excluding hydrogens is 276 g/mol. The summed E-state index contributed by atoms with van der Waals surface area (Å²) in [6.45, 7) is 4.44. The average molecular weight is 300 g/mol. The molecule has 20 heavy (non-hydrogen) atoms. The summed E-state index contributed by atoms with van der Waals surface area (Å²) in [5.41, 5.74) is 0. The molecule has 0 atom stereocenters. The Labute approximate surface area is 121 Å². The lowest BCUT2D eigenvalue weighted by atomic mass is 9.95. The minimum Gasteiger partial charge on any atom is -0.337 e. The molecule has 0 amide bonds. The third-order valence-corrected chi connectivity index (χ3v) is 5.80. The largest absolute Gasteiger partial charge is 0.337 e. The SMILES string of the molecule is Cc1nc(S(=O)(=O)N(C)CCC2CCNCC2)cn1C. The first-order valence-electron chi connectivity index (χ1n) is 7.08. The lowest BCUT2D eigenvalue weighted by Gasteiger charge is -2.24. The second-order valence-electron chi connectivity index (χ2n) is 5.55. The van der Waals surface area contributed by atoms with Crippen LogP contribution in [0.15, 0.2) is 11.2 Å². The van der Waals surface area contributed by atoms with Crippen molar-refractivity contribution in [2.45, 2.75) is 31.2 Å². The summed E-state index contributed by atoms with van der Waals surface area (Å²) in [4.78, 5) is 4.12. The number of hydrogen-bond acceptors (Lipinski definition) is 4. The number of nitrogens with zero attached hydrogens (tertiary/aromatic N) is 3. The summed E-state index contributed by atoms with van der Waals surface area (Å²) in [7, 11) is -0.0144. The maximum absolute atomic E-state index is 12.4. The summed E-state index contributed by atoms with van der Waals surface area (Å²) in [5, 5.41) is 3.47. The fraction of sp³-hybridized carbons (Fsp3) is 0.769. The van der Waals surface area contributed by atoms with Gasteiger partial charge in [0.2, 0.25) is 0 Å². The Kier molecular flexibility index (Phi) is 4.82. The van der Waals surface area contributed by atoms with Gasteiger partial charge in [0.1, 0.15) is 5.82 Å². The van der Waals surface area contributed by atoms with Crippen LogP contribution in [0.4, 0.5) is 0 Å². The third kappa shape index (κ3) is 3.39. The fourth-order valence-corrected chi connectivity index (χ4v) is 3.67. The van der Waals surface area contributed by atoms with Gasteiger partial charge in [-0.25, -0.2) is 13.4 Å². The predicted molar refractivity (Wildman–Crippen MR) is 78.0 cm³/mol. The van der Waals surface area contributed by atoms with Gasteiger partial charge < -0.3 is 9.88 Å². The molecule has 2 heterocycles. The number of imidazole rings is 1.